The highest BCUT2D eigenvalue weighted by Crippen LogP contribution is 2.19. The number of benzene rings is 1. The van der Waals surface area contributed by atoms with Crippen LogP contribution in [0.4, 0.5) is 0 Å². The third-order valence-electron chi connectivity index (χ3n) is 5.71. The van der Waals surface area contributed by atoms with Crippen molar-refractivity contribution in [2.75, 3.05) is 7.05 Å². The van der Waals surface area contributed by atoms with Crippen LogP contribution < -0.4 is 16.0 Å². The summed E-state index contributed by atoms with van der Waals surface area (Å²) >= 11 is 0. The lowest BCUT2D eigenvalue weighted by Crippen LogP contribution is -2.64. The van der Waals surface area contributed by atoms with Crippen molar-refractivity contribution in [3.8, 4) is 0 Å². The molecule has 2 aromatic rings. The minimum atomic E-state index is -1.50. The Labute approximate surface area is 214 Å². The van der Waals surface area contributed by atoms with Crippen LogP contribution in [-0.2, 0) is 30.1 Å². The van der Waals surface area contributed by atoms with Crippen LogP contribution >= 0.6 is 0 Å². The number of rotatable bonds is 11. The van der Waals surface area contributed by atoms with E-state index in [1.807, 2.05) is 44.2 Å². The second kappa shape index (κ2) is 12.9. The van der Waals surface area contributed by atoms with Gasteiger partial charge < -0.3 is 30.4 Å². The molecule has 1 aromatic carbocycles. The highest BCUT2D eigenvalue weighted by atomic mass is 16.6. The van der Waals surface area contributed by atoms with E-state index in [2.05, 4.69) is 25.9 Å². The second-order valence-electron chi connectivity index (χ2n) is 9.02. The Morgan fingerprint density at radius 1 is 1.14 bits per heavy atom. The smallest absolute Gasteiger partial charge is 0.507 e. The van der Waals surface area contributed by atoms with E-state index in [-0.39, 0.29) is 18.0 Å². The van der Waals surface area contributed by atoms with E-state index in [9.17, 15) is 24.3 Å². The molecule has 0 aliphatic carbocycles. The third-order valence-corrected chi connectivity index (χ3v) is 5.71. The average Bonchev–Trinajstić information content (AvgIpc) is 2.88. The summed E-state index contributed by atoms with van der Waals surface area (Å²) in [5, 5.41) is 17.6. The zero-order valence-electron chi connectivity index (χ0n) is 20.8. The van der Waals surface area contributed by atoms with Gasteiger partial charge in [0.1, 0.15) is 17.8 Å². The fourth-order valence-corrected chi connectivity index (χ4v) is 3.95. The van der Waals surface area contributed by atoms with Gasteiger partial charge in [-0.25, -0.2) is 9.78 Å². The number of carboxylic acid groups (broad SMARTS) is 1. The molecule has 12 nitrogen and oxygen atoms in total. The van der Waals surface area contributed by atoms with Gasteiger partial charge in [0.2, 0.25) is 5.91 Å². The maximum absolute atomic E-state index is 13.5. The van der Waals surface area contributed by atoms with Crippen LogP contribution in [0, 0.1) is 5.92 Å². The second-order valence-corrected chi connectivity index (χ2v) is 9.02. The number of carbonyl (C=O) groups is 4. The standard InChI is InChI=1S/C24H30BN5O7/c1-14(2)11-18(25-36-20(23(33)34)19(26-3)24(35)37-25)30-21(31)16(12-15-7-5-4-6-8-15)29-22(32)17-13-27-9-10-28-17/h4-10,13-14,16,18-20,26H,11-12H2,1-3H3,(H,29,32)(H,30,31)(H,33,34)/t16?,18?,19-,20+/m0/s1. The maximum atomic E-state index is 13.5. The molecule has 1 aliphatic rings. The fraction of sp³-hybridized carbons (Fsp3) is 0.417. The van der Waals surface area contributed by atoms with E-state index in [0.717, 1.165) is 5.56 Å². The summed E-state index contributed by atoms with van der Waals surface area (Å²) in [6.45, 7) is 3.79. The first-order chi connectivity index (χ1) is 17.7. The first-order valence-corrected chi connectivity index (χ1v) is 11.9. The summed E-state index contributed by atoms with van der Waals surface area (Å²) in [7, 11) is 0.0880. The van der Waals surface area contributed by atoms with E-state index in [4.69, 9.17) is 9.31 Å². The number of aliphatic carboxylic acids is 1. The molecule has 0 spiro atoms. The molecule has 1 aliphatic heterocycles. The minimum absolute atomic E-state index is 0.0275. The zero-order valence-corrected chi connectivity index (χ0v) is 20.8. The number of amides is 2. The lowest BCUT2D eigenvalue weighted by molar-refractivity contribution is -0.161. The van der Waals surface area contributed by atoms with Gasteiger partial charge in [-0.2, -0.15) is 0 Å². The Morgan fingerprint density at radius 3 is 2.46 bits per heavy atom. The van der Waals surface area contributed by atoms with Crippen molar-refractivity contribution in [2.24, 2.45) is 5.92 Å². The number of nitrogens with one attached hydrogen (secondary N) is 3. The molecule has 2 amide bonds. The Balaban J connectivity index is 1.83. The van der Waals surface area contributed by atoms with Gasteiger partial charge in [0.15, 0.2) is 6.10 Å². The van der Waals surface area contributed by atoms with E-state index < -0.39 is 55.0 Å². The topological polar surface area (TPSA) is 169 Å². The van der Waals surface area contributed by atoms with Crippen molar-refractivity contribution in [3.05, 3.63) is 60.2 Å². The minimum Gasteiger partial charge on any atom is -0.507 e. The first-order valence-electron chi connectivity index (χ1n) is 11.9. The number of nitrogens with zero attached hydrogens (tertiary/aromatic N) is 2. The Bertz CT molecular complexity index is 1090. The van der Waals surface area contributed by atoms with E-state index in [1.165, 1.54) is 25.6 Å². The van der Waals surface area contributed by atoms with Gasteiger partial charge in [-0.15, -0.1) is 0 Å². The lowest BCUT2D eigenvalue weighted by Gasteiger charge is -2.35. The van der Waals surface area contributed by atoms with Crippen molar-refractivity contribution in [2.45, 2.75) is 50.8 Å². The summed E-state index contributed by atoms with van der Waals surface area (Å²) in [4.78, 5) is 58.3. The molecule has 3 rings (SSSR count). The normalized spacial score (nSPS) is 19.0. The van der Waals surface area contributed by atoms with Crippen LogP contribution in [0.25, 0.3) is 0 Å². The number of likely N-dealkylation sites (N-methyl/N-ethyl adjacent to an activating group) is 1. The third kappa shape index (κ3) is 7.57. The van der Waals surface area contributed by atoms with Crippen LogP contribution in [0.1, 0.15) is 36.3 Å². The van der Waals surface area contributed by atoms with E-state index in [1.54, 1.807) is 0 Å². The Morgan fingerprint density at radius 2 is 1.86 bits per heavy atom. The molecule has 13 heteroatoms. The molecule has 4 atom stereocenters. The Hall–Kier alpha value is -3.84. The maximum Gasteiger partial charge on any atom is 0.552 e. The molecule has 4 N–H and O–H groups in total. The fourth-order valence-electron chi connectivity index (χ4n) is 3.95. The molecule has 2 heterocycles. The highest BCUT2D eigenvalue weighted by molar-refractivity contribution is 6.50. The molecule has 1 aromatic heterocycles. The van der Waals surface area contributed by atoms with Crippen molar-refractivity contribution in [1.82, 2.24) is 25.9 Å². The SMILES string of the molecule is CN[C@@H]1C(=O)OB(C(CC(C)C)NC(=O)C(Cc2ccccc2)NC(=O)c2cnccn2)O[C@H]1C(=O)O. The molecule has 0 saturated carbocycles. The number of carbonyl (C=O) groups excluding carboxylic acids is 3. The molecular formula is C24H30BN5O7. The van der Waals surface area contributed by atoms with E-state index in [0.29, 0.717) is 6.42 Å². The molecule has 2 unspecified atom stereocenters. The quantitative estimate of drug-likeness (QED) is 0.301. The van der Waals surface area contributed by atoms with Crippen LogP contribution in [-0.4, -0.2) is 77.1 Å². The summed E-state index contributed by atoms with van der Waals surface area (Å²) in [6, 6.07) is 6.89. The molecule has 0 bridgehead atoms. The van der Waals surface area contributed by atoms with Crippen molar-refractivity contribution >= 4 is 30.9 Å². The summed E-state index contributed by atoms with van der Waals surface area (Å²) in [5.41, 5.74) is 0.838. The first kappa shape index (κ1) is 27.7. The molecule has 196 valence electrons. The van der Waals surface area contributed by atoms with E-state index >= 15 is 0 Å². The van der Waals surface area contributed by atoms with Crippen molar-refractivity contribution in [3.63, 3.8) is 0 Å². The molecule has 1 fully saturated rings. The monoisotopic (exact) mass is 511 g/mol. The van der Waals surface area contributed by atoms with Crippen LogP contribution in [0.5, 0.6) is 0 Å². The summed E-state index contributed by atoms with van der Waals surface area (Å²) < 4.78 is 11.0. The predicted molar refractivity (Wildman–Crippen MR) is 132 cm³/mol. The van der Waals surface area contributed by atoms with Crippen molar-refractivity contribution < 1.29 is 33.6 Å². The van der Waals surface area contributed by atoms with Gasteiger partial charge in [-0.05, 0) is 24.9 Å². The zero-order chi connectivity index (χ0) is 26.9. The summed E-state index contributed by atoms with van der Waals surface area (Å²) in [5.74, 6) is -4.14. The number of hydrogen-bond acceptors (Lipinski definition) is 9. The van der Waals surface area contributed by atoms with Crippen LogP contribution in [0.2, 0.25) is 0 Å². The largest absolute Gasteiger partial charge is 0.552 e. The van der Waals surface area contributed by atoms with Crippen molar-refractivity contribution in [1.29, 1.82) is 0 Å². The van der Waals surface area contributed by atoms with Gasteiger partial charge >= 0.3 is 19.1 Å². The molecule has 1 saturated heterocycles. The van der Waals surface area contributed by atoms with Gasteiger partial charge in [0.25, 0.3) is 5.91 Å². The van der Waals surface area contributed by atoms with Crippen LogP contribution in [0.3, 0.4) is 0 Å². The van der Waals surface area contributed by atoms with Gasteiger partial charge in [0.05, 0.1) is 12.1 Å². The lowest BCUT2D eigenvalue weighted by atomic mass is 9.72. The van der Waals surface area contributed by atoms with Gasteiger partial charge in [-0.3, -0.25) is 19.4 Å². The van der Waals surface area contributed by atoms with Crippen LogP contribution in [0.15, 0.2) is 48.9 Å². The molecule has 0 radical (unpaired) electrons. The number of aromatic nitrogens is 2. The number of hydrogen-bond donors (Lipinski definition) is 4. The molecular weight excluding hydrogens is 481 g/mol. The highest BCUT2D eigenvalue weighted by Gasteiger charge is 2.49. The number of carboxylic acids is 1. The van der Waals surface area contributed by atoms with Gasteiger partial charge in [0, 0.05) is 18.8 Å². The summed E-state index contributed by atoms with van der Waals surface area (Å²) in [6.07, 6.45) is 3.06. The molecule has 37 heavy (non-hydrogen) atoms. The van der Waals surface area contributed by atoms with Gasteiger partial charge in [-0.1, -0.05) is 44.2 Å². The Kier molecular flexibility index (Phi) is 9.69. The average molecular weight is 511 g/mol. The predicted octanol–water partition coefficient (Wildman–Crippen LogP) is -0.00940.